The van der Waals surface area contributed by atoms with E-state index in [2.05, 4.69) is 19.6 Å². The quantitative estimate of drug-likeness (QED) is 0.573. The van der Waals surface area contributed by atoms with Gasteiger partial charge in [0.2, 0.25) is 0 Å². The van der Waals surface area contributed by atoms with E-state index in [9.17, 15) is 13.2 Å². The van der Waals surface area contributed by atoms with Crippen molar-refractivity contribution in [3.05, 3.63) is 82.3 Å². The third kappa shape index (κ3) is 5.18. The third-order valence-electron chi connectivity index (χ3n) is 4.15. The summed E-state index contributed by atoms with van der Waals surface area (Å²) in [5.41, 5.74) is 10.3. The molecule has 0 saturated carbocycles. The first-order chi connectivity index (χ1) is 12.2. The average Bonchev–Trinajstić information content (AvgIpc) is 2.60. The molecule has 0 aromatic heterocycles. The van der Waals surface area contributed by atoms with Crippen LogP contribution in [-0.2, 0) is 19.0 Å². The molecule has 0 saturated heterocycles. The van der Waals surface area contributed by atoms with E-state index in [1.165, 1.54) is 35.0 Å². The highest BCUT2D eigenvalue weighted by Gasteiger charge is 2.29. The molecule has 2 rings (SSSR count). The Morgan fingerprint density at radius 2 is 1.81 bits per heavy atom. The second kappa shape index (κ2) is 8.49. The Bertz CT molecular complexity index is 805. The maximum atomic E-state index is 12.6. The van der Waals surface area contributed by atoms with Crippen LogP contribution in [0.5, 0.6) is 0 Å². The van der Waals surface area contributed by atoms with Gasteiger partial charge in [0.25, 0.3) is 0 Å². The largest absolute Gasteiger partial charge is 0.416 e. The Morgan fingerprint density at radius 1 is 1.15 bits per heavy atom. The van der Waals surface area contributed by atoms with Crippen molar-refractivity contribution in [2.24, 2.45) is 0 Å². The zero-order valence-corrected chi connectivity index (χ0v) is 15.7. The maximum absolute atomic E-state index is 12.6. The standard InChI is InChI=1S/C21H22F3NS/c1-4-16-13-20(25)14(2)12-18(16)6-5-11-26-15(3)17-7-9-19(10-8-17)21(22,23)24/h5,7-13H,3-4,6,25H2,1-2H3/b11-5+. The fourth-order valence-electron chi connectivity index (χ4n) is 2.57. The highest BCUT2D eigenvalue weighted by Crippen LogP contribution is 2.32. The number of hydrogen-bond donors (Lipinski definition) is 1. The fraction of sp³-hybridized carbons (Fsp3) is 0.238. The van der Waals surface area contributed by atoms with E-state index in [0.29, 0.717) is 10.5 Å². The lowest BCUT2D eigenvalue weighted by Gasteiger charge is -2.10. The van der Waals surface area contributed by atoms with Gasteiger partial charge in [-0.3, -0.25) is 0 Å². The molecule has 0 fully saturated rings. The maximum Gasteiger partial charge on any atom is 0.416 e. The van der Waals surface area contributed by atoms with Crippen molar-refractivity contribution in [3.8, 4) is 0 Å². The lowest BCUT2D eigenvalue weighted by molar-refractivity contribution is -0.137. The van der Waals surface area contributed by atoms with E-state index in [-0.39, 0.29) is 0 Å². The highest BCUT2D eigenvalue weighted by atomic mass is 32.2. The molecule has 0 bridgehead atoms. The lowest BCUT2D eigenvalue weighted by atomic mass is 9.98. The number of hydrogen-bond acceptors (Lipinski definition) is 2. The first kappa shape index (κ1) is 20.2. The Kier molecular flexibility index (Phi) is 6.59. The predicted octanol–water partition coefficient (Wildman–Crippen LogP) is 6.62. The molecule has 0 unspecified atom stereocenters. The Morgan fingerprint density at radius 3 is 2.38 bits per heavy atom. The molecule has 138 valence electrons. The van der Waals surface area contributed by atoms with Crippen molar-refractivity contribution >= 4 is 22.4 Å². The van der Waals surface area contributed by atoms with E-state index in [1.54, 1.807) is 0 Å². The van der Waals surface area contributed by atoms with Gasteiger partial charge in [0.05, 0.1) is 5.56 Å². The molecule has 26 heavy (non-hydrogen) atoms. The summed E-state index contributed by atoms with van der Waals surface area (Å²) in [6.07, 6.45) is -0.595. The molecule has 0 atom stereocenters. The number of alkyl halides is 3. The van der Waals surface area contributed by atoms with Crippen LogP contribution in [0, 0.1) is 6.92 Å². The molecular weight excluding hydrogens is 355 g/mol. The molecule has 5 heteroatoms. The van der Waals surface area contributed by atoms with Gasteiger partial charge in [-0.05, 0) is 65.6 Å². The second-order valence-electron chi connectivity index (χ2n) is 6.02. The van der Waals surface area contributed by atoms with Crippen molar-refractivity contribution in [2.45, 2.75) is 32.9 Å². The average molecular weight is 377 g/mol. The number of nitrogens with two attached hydrogens (primary N) is 1. The van der Waals surface area contributed by atoms with Gasteiger partial charge in [-0.25, -0.2) is 0 Å². The number of allylic oxidation sites excluding steroid dienone is 1. The molecule has 2 aromatic carbocycles. The number of rotatable bonds is 6. The van der Waals surface area contributed by atoms with Crippen LogP contribution in [0.1, 0.15) is 34.7 Å². The smallest absolute Gasteiger partial charge is 0.399 e. The van der Waals surface area contributed by atoms with Crippen LogP contribution < -0.4 is 5.73 Å². The molecule has 2 aromatic rings. The number of thioether (sulfide) groups is 1. The Hall–Kier alpha value is -2.14. The van der Waals surface area contributed by atoms with E-state index >= 15 is 0 Å². The van der Waals surface area contributed by atoms with Crippen molar-refractivity contribution in [1.82, 2.24) is 0 Å². The van der Waals surface area contributed by atoms with Crippen LogP contribution in [0.2, 0.25) is 0 Å². The van der Waals surface area contributed by atoms with Crippen LogP contribution in [-0.4, -0.2) is 0 Å². The Balaban J connectivity index is 1.98. The van der Waals surface area contributed by atoms with E-state index in [4.69, 9.17) is 5.73 Å². The summed E-state index contributed by atoms with van der Waals surface area (Å²) in [6.45, 7) is 8.02. The van der Waals surface area contributed by atoms with E-state index < -0.39 is 11.7 Å². The van der Waals surface area contributed by atoms with Gasteiger partial charge < -0.3 is 5.73 Å². The van der Waals surface area contributed by atoms with Gasteiger partial charge in [0.1, 0.15) is 0 Å². The first-order valence-electron chi connectivity index (χ1n) is 8.28. The molecular formula is C21H22F3NS. The van der Waals surface area contributed by atoms with Crippen molar-refractivity contribution < 1.29 is 13.2 Å². The molecule has 0 heterocycles. The number of nitrogen functional groups attached to an aromatic ring is 1. The molecule has 0 aliphatic carbocycles. The van der Waals surface area contributed by atoms with Crippen molar-refractivity contribution in [1.29, 1.82) is 0 Å². The summed E-state index contributed by atoms with van der Waals surface area (Å²) in [6, 6.07) is 9.18. The van der Waals surface area contributed by atoms with Crippen molar-refractivity contribution in [2.75, 3.05) is 5.73 Å². The molecule has 0 radical (unpaired) electrons. The lowest BCUT2D eigenvalue weighted by Crippen LogP contribution is -2.04. The zero-order valence-electron chi connectivity index (χ0n) is 14.9. The minimum atomic E-state index is -4.32. The highest BCUT2D eigenvalue weighted by molar-refractivity contribution is 8.10. The second-order valence-corrected chi connectivity index (χ2v) is 7.02. The van der Waals surface area contributed by atoms with Gasteiger partial charge in [-0.1, -0.05) is 49.5 Å². The molecule has 0 spiro atoms. The van der Waals surface area contributed by atoms with Crippen LogP contribution in [0.15, 0.2) is 54.5 Å². The van der Waals surface area contributed by atoms with Gasteiger partial charge in [-0.15, -0.1) is 0 Å². The third-order valence-corrected chi connectivity index (χ3v) is 5.00. The minimum absolute atomic E-state index is 0.652. The molecule has 0 aliphatic heterocycles. The summed E-state index contributed by atoms with van der Waals surface area (Å²) in [5, 5.41) is 1.92. The summed E-state index contributed by atoms with van der Waals surface area (Å²) in [7, 11) is 0. The van der Waals surface area contributed by atoms with Crippen LogP contribution in [0.25, 0.3) is 4.91 Å². The topological polar surface area (TPSA) is 26.0 Å². The van der Waals surface area contributed by atoms with Gasteiger partial charge >= 0.3 is 6.18 Å². The molecule has 1 nitrogen and oxygen atoms in total. The Labute approximate surface area is 156 Å². The number of aryl methyl sites for hydroxylation is 2. The minimum Gasteiger partial charge on any atom is -0.399 e. The molecule has 0 aliphatic rings. The summed E-state index contributed by atoms with van der Waals surface area (Å²) >= 11 is 1.40. The summed E-state index contributed by atoms with van der Waals surface area (Å²) in [5.74, 6) is 0. The molecule has 0 amide bonds. The molecule has 2 N–H and O–H groups in total. The van der Waals surface area contributed by atoms with Gasteiger partial charge in [0.15, 0.2) is 0 Å². The normalized spacial score (nSPS) is 11.9. The zero-order chi connectivity index (χ0) is 19.3. The fourth-order valence-corrected chi connectivity index (χ4v) is 3.20. The number of anilines is 1. The first-order valence-corrected chi connectivity index (χ1v) is 9.16. The van der Waals surface area contributed by atoms with Crippen LogP contribution in [0.4, 0.5) is 18.9 Å². The predicted molar refractivity (Wildman–Crippen MR) is 106 cm³/mol. The monoisotopic (exact) mass is 377 g/mol. The van der Waals surface area contributed by atoms with E-state index in [1.807, 2.05) is 24.5 Å². The number of halogens is 3. The van der Waals surface area contributed by atoms with Gasteiger partial charge in [0, 0.05) is 10.6 Å². The van der Waals surface area contributed by atoms with Crippen molar-refractivity contribution in [3.63, 3.8) is 0 Å². The van der Waals surface area contributed by atoms with Crippen LogP contribution in [0.3, 0.4) is 0 Å². The number of benzene rings is 2. The van der Waals surface area contributed by atoms with Gasteiger partial charge in [-0.2, -0.15) is 13.2 Å². The summed E-state index contributed by atoms with van der Waals surface area (Å²) < 4.78 is 37.8. The summed E-state index contributed by atoms with van der Waals surface area (Å²) in [4.78, 5) is 0.708. The van der Waals surface area contributed by atoms with E-state index in [0.717, 1.165) is 36.2 Å². The van der Waals surface area contributed by atoms with Crippen LogP contribution >= 0.6 is 11.8 Å². The SMILES string of the molecule is C=C(S/C=C/Cc1cc(C)c(N)cc1CC)c1ccc(C(F)(F)F)cc1.